The molecule has 0 aromatic carbocycles. The first kappa shape index (κ1) is 9.27. The van der Waals surface area contributed by atoms with Crippen LogP contribution in [0, 0.1) is 0 Å². The van der Waals surface area contributed by atoms with Gasteiger partial charge in [-0.15, -0.1) is 0 Å². The normalized spacial score (nSPS) is 25.4. The number of hydrogen-bond donors (Lipinski definition) is 1. The van der Waals surface area contributed by atoms with Crippen molar-refractivity contribution in [2.45, 2.75) is 37.3 Å². The Balaban J connectivity index is 1.77. The van der Waals surface area contributed by atoms with Crippen LogP contribution in [0.4, 0.5) is 4.39 Å². The lowest BCUT2D eigenvalue weighted by Crippen LogP contribution is -2.27. The van der Waals surface area contributed by atoms with Gasteiger partial charge >= 0.3 is 0 Å². The molecule has 15 heavy (non-hydrogen) atoms. The lowest BCUT2D eigenvalue weighted by atomic mass is 9.98. The molecule has 0 radical (unpaired) electrons. The summed E-state index contributed by atoms with van der Waals surface area (Å²) in [6, 6.07) is 0. The van der Waals surface area contributed by atoms with Gasteiger partial charge < -0.3 is 9.84 Å². The molecule has 1 aliphatic carbocycles. The van der Waals surface area contributed by atoms with E-state index < -0.39 is 5.67 Å². The molecule has 5 heteroatoms. The fourth-order valence-corrected chi connectivity index (χ4v) is 1.99. The third kappa shape index (κ3) is 1.65. The number of nitrogens with one attached hydrogen (secondary N) is 1. The maximum Gasteiger partial charge on any atom is 0.264 e. The molecule has 0 amide bonds. The monoisotopic (exact) mass is 211 g/mol. The van der Waals surface area contributed by atoms with E-state index in [1.54, 1.807) is 0 Å². The van der Waals surface area contributed by atoms with Gasteiger partial charge in [0.25, 0.3) is 5.89 Å². The summed E-state index contributed by atoms with van der Waals surface area (Å²) < 4.78 is 18.6. The summed E-state index contributed by atoms with van der Waals surface area (Å²) in [7, 11) is 0. The van der Waals surface area contributed by atoms with Crippen molar-refractivity contribution < 1.29 is 8.91 Å². The highest BCUT2D eigenvalue weighted by atomic mass is 19.1. The Morgan fingerprint density at radius 2 is 2.07 bits per heavy atom. The average molecular weight is 211 g/mol. The summed E-state index contributed by atoms with van der Waals surface area (Å²) in [5, 5.41) is 7.17. The molecule has 1 aromatic rings. The van der Waals surface area contributed by atoms with Crippen molar-refractivity contribution in [3.63, 3.8) is 0 Å². The number of piperidine rings is 1. The Bertz CT molecular complexity index is 355. The summed E-state index contributed by atoms with van der Waals surface area (Å²) in [5.74, 6) is 1.22. The SMILES string of the molecule is FC1(c2nc(C3CCNCC3)no2)CC1. The average Bonchev–Trinajstić information content (AvgIpc) is 2.85. The molecule has 2 fully saturated rings. The Morgan fingerprint density at radius 1 is 1.33 bits per heavy atom. The van der Waals surface area contributed by atoms with E-state index >= 15 is 0 Å². The van der Waals surface area contributed by atoms with Crippen molar-refractivity contribution in [1.82, 2.24) is 15.5 Å². The fraction of sp³-hybridized carbons (Fsp3) is 0.800. The van der Waals surface area contributed by atoms with Crippen LogP contribution in [0.3, 0.4) is 0 Å². The molecule has 2 heterocycles. The van der Waals surface area contributed by atoms with Crippen LogP contribution in [0.25, 0.3) is 0 Å². The smallest absolute Gasteiger partial charge is 0.264 e. The highest BCUT2D eigenvalue weighted by molar-refractivity contribution is 5.10. The molecule has 0 bridgehead atoms. The summed E-state index contributed by atoms with van der Waals surface area (Å²) in [5.41, 5.74) is -1.29. The molecule has 3 rings (SSSR count). The van der Waals surface area contributed by atoms with Crippen molar-refractivity contribution >= 4 is 0 Å². The third-order valence-corrected chi connectivity index (χ3v) is 3.22. The number of rotatable bonds is 2. The number of hydrogen-bond acceptors (Lipinski definition) is 4. The van der Waals surface area contributed by atoms with Crippen LogP contribution in [-0.4, -0.2) is 23.2 Å². The third-order valence-electron chi connectivity index (χ3n) is 3.22. The van der Waals surface area contributed by atoms with E-state index in [-0.39, 0.29) is 5.89 Å². The molecule has 1 aromatic heterocycles. The zero-order valence-electron chi connectivity index (χ0n) is 8.50. The first-order valence-electron chi connectivity index (χ1n) is 5.52. The summed E-state index contributed by atoms with van der Waals surface area (Å²) in [6.45, 7) is 1.96. The molecule has 1 N–H and O–H groups in total. The van der Waals surface area contributed by atoms with Gasteiger partial charge in [0.1, 0.15) is 0 Å². The van der Waals surface area contributed by atoms with Crippen LogP contribution < -0.4 is 5.32 Å². The molecule has 1 aliphatic heterocycles. The van der Waals surface area contributed by atoms with E-state index in [9.17, 15) is 4.39 Å². The number of aromatic nitrogens is 2. The van der Waals surface area contributed by atoms with Gasteiger partial charge in [-0.05, 0) is 38.8 Å². The van der Waals surface area contributed by atoms with Gasteiger partial charge in [0.2, 0.25) is 0 Å². The Morgan fingerprint density at radius 3 is 2.73 bits per heavy atom. The Labute approximate surface area is 87.2 Å². The molecule has 1 saturated heterocycles. The van der Waals surface area contributed by atoms with E-state index in [1.807, 2.05) is 0 Å². The molecule has 0 spiro atoms. The lowest BCUT2D eigenvalue weighted by molar-refractivity contribution is 0.225. The van der Waals surface area contributed by atoms with Gasteiger partial charge in [0.05, 0.1) is 0 Å². The van der Waals surface area contributed by atoms with E-state index in [0.717, 1.165) is 25.9 Å². The van der Waals surface area contributed by atoms with E-state index in [0.29, 0.717) is 24.6 Å². The summed E-state index contributed by atoms with van der Waals surface area (Å²) >= 11 is 0. The highest BCUT2D eigenvalue weighted by Gasteiger charge is 2.50. The van der Waals surface area contributed by atoms with Gasteiger partial charge in [0, 0.05) is 5.92 Å². The number of alkyl halides is 1. The predicted molar refractivity (Wildman–Crippen MR) is 51.2 cm³/mol. The maximum absolute atomic E-state index is 13.6. The second-order valence-electron chi connectivity index (χ2n) is 4.45. The minimum atomic E-state index is -1.29. The second-order valence-corrected chi connectivity index (χ2v) is 4.45. The van der Waals surface area contributed by atoms with Crippen molar-refractivity contribution in [2.75, 3.05) is 13.1 Å². The van der Waals surface area contributed by atoms with Crippen molar-refractivity contribution in [3.05, 3.63) is 11.7 Å². The molecular formula is C10H14FN3O. The van der Waals surface area contributed by atoms with Gasteiger partial charge in [-0.2, -0.15) is 4.98 Å². The molecule has 2 aliphatic rings. The zero-order valence-corrected chi connectivity index (χ0v) is 8.50. The molecule has 1 saturated carbocycles. The predicted octanol–water partition coefficient (Wildman–Crippen LogP) is 1.50. The van der Waals surface area contributed by atoms with Crippen LogP contribution in [0.2, 0.25) is 0 Å². The van der Waals surface area contributed by atoms with Gasteiger partial charge in [0.15, 0.2) is 11.5 Å². The number of nitrogens with zero attached hydrogens (tertiary/aromatic N) is 2. The molecular weight excluding hydrogens is 197 g/mol. The fourth-order valence-electron chi connectivity index (χ4n) is 1.99. The van der Waals surface area contributed by atoms with Gasteiger partial charge in [-0.1, -0.05) is 5.16 Å². The zero-order chi connectivity index (χ0) is 10.3. The summed E-state index contributed by atoms with van der Waals surface area (Å²) in [6.07, 6.45) is 3.08. The highest BCUT2D eigenvalue weighted by Crippen LogP contribution is 2.48. The van der Waals surface area contributed by atoms with Crippen molar-refractivity contribution in [3.8, 4) is 0 Å². The van der Waals surface area contributed by atoms with Crippen LogP contribution in [0.5, 0.6) is 0 Å². The first-order valence-corrected chi connectivity index (χ1v) is 5.52. The molecule has 4 nitrogen and oxygen atoms in total. The molecule has 82 valence electrons. The standard InChI is InChI=1S/C10H14FN3O/c11-10(3-4-10)9-13-8(14-15-9)7-1-5-12-6-2-7/h7,12H,1-6H2. The quantitative estimate of drug-likeness (QED) is 0.805. The summed E-state index contributed by atoms with van der Waals surface area (Å²) in [4.78, 5) is 4.19. The first-order chi connectivity index (χ1) is 7.28. The molecule has 0 unspecified atom stereocenters. The Hall–Kier alpha value is -0.970. The molecule has 0 atom stereocenters. The largest absolute Gasteiger partial charge is 0.336 e. The van der Waals surface area contributed by atoms with Crippen LogP contribution in [0.1, 0.15) is 43.3 Å². The van der Waals surface area contributed by atoms with E-state index in [1.165, 1.54) is 0 Å². The van der Waals surface area contributed by atoms with Crippen LogP contribution in [0.15, 0.2) is 4.52 Å². The van der Waals surface area contributed by atoms with Gasteiger partial charge in [-0.25, -0.2) is 4.39 Å². The van der Waals surface area contributed by atoms with Crippen LogP contribution in [-0.2, 0) is 5.67 Å². The van der Waals surface area contributed by atoms with Crippen LogP contribution >= 0.6 is 0 Å². The minimum Gasteiger partial charge on any atom is -0.336 e. The van der Waals surface area contributed by atoms with Crippen molar-refractivity contribution in [1.29, 1.82) is 0 Å². The maximum atomic E-state index is 13.6. The van der Waals surface area contributed by atoms with Crippen molar-refractivity contribution in [2.24, 2.45) is 0 Å². The Kier molecular flexibility index (Phi) is 2.02. The topological polar surface area (TPSA) is 51.0 Å². The second kappa shape index (κ2) is 3.27. The van der Waals surface area contributed by atoms with Gasteiger partial charge in [-0.3, -0.25) is 0 Å². The minimum absolute atomic E-state index is 0.191. The van der Waals surface area contributed by atoms with E-state index in [4.69, 9.17) is 4.52 Å². The van der Waals surface area contributed by atoms with E-state index in [2.05, 4.69) is 15.5 Å². The number of halogens is 1. The lowest BCUT2D eigenvalue weighted by Gasteiger charge is -2.18.